The number of halogens is 1. The molecule has 0 radical (unpaired) electrons. The number of hydrogen-bond acceptors (Lipinski definition) is 4. The van der Waals surface area contributed by atoms with Crippen LogP contribution in [0.5, 0.6) is 0 Å². The Morgan fingerprint density at radius 1 is 0.643 bits per heavy atom. The van der Waals surface area contributed by atoms with Crippen molar-refractivity contribution >= 4 is 51.7 Å². The molecule has 1 saturated heterocycles. The van der Waals surface area contributed by atoms with Crippen LogP contribution in [0, 0.1) is 13.8 Å². The second-order valence-electron chi connectivity index (χ2n) is 11.3. The van der Waals surface area contributed by atoms with Crippen LogP contribution in [0.25, 0.3) is 0 Å². The highest BCUT2D eigenvalue weighted by Gasteiger charge is 2.51. The van der Waals surface area contributed by atoms with Crippen molar-refractivity contribution in [3.05, 3.63) is 124 Å². The molecule has 8 heteroatoms. The third-order valence-corrected chi connectivity index (χ3v) is 8.05. The Hall–Kier alpha value is -3.72. The van der Waals surface area contributed by atoms with E-state index >= 15 is 0 Å². The van der Waals surface area contributed by atoms with E-state index in [0.717, 1.165) is 32.4 Å². The molecular formula is C34H36BBrN2O4. The number of nitrogens with one attached hydrogen (secondary N) is 2. The number of carbonyl (C=O) groups is 2. The van der Waals surface area contributed by atoms with Crippen LogP contribution in [0.3, 0.4) is 0 Å². The van der Waals surface area contributed by atoms with E-state index in [4.69, 9.17) is 9.31 Å². The highest BCUT2D eigenvalue weighted by Crippen LogP contribution is 2.36. The predicted molar refractivity (Wildman–Crippen MR) is 175 cm³/mol. The second-order valence-corrected chi connectivity index (χ2v) is 12.2. The zero-order chi connectivity index (χ0) is 30.5. The van der Waals surface area contributed by atoms with Gasteiger partial charge in [-0.1, -0.05) is 70.5 Å². The van der Waals surface area contributed by atoms with Crippen molar-refractivity contribution in [2.24, 2.45) is 0 Å². The van der Waals surface area contributed by atoms with Gasteiger partial charge in [-0.25, -0.2) is 0 Å². The average Bonchev–Trinajstić information content (AvgIpc) is 3.19. The zero-order valence-corrected chi connectivity index (χ0v) is 26.4. The molecule has 4 aromatic rings. The van der Waals surface area contributed by atoms with E-state index in [9.17, 15) is 9.59 Å². The Morgan fingerprint density at radius 2 is 1.07 bits per heavy atom. The first-order valence-electron chi connectivity index (χ1n) is 13.8. The molecule has 0 bridgehead atoms. The summed E-state index contributed by atoms with van der Waals surface area (Å²) in [5, 5.41) is 5.88. The molecule has 0 saturated carbocycles. The first kappa shape index (κ1) is 31.2. The van der Waals surface area contributed by atoms with Crippen molar-refractivity contribution in [1.29, 1.82) is 0 Å². The van der Waals surface area contributed by atoms with Crippen molar-refractivity contribution in [1.82, 2.24) is 0 Å². The minimum atomic E-state index is -0.446. The first-order valence-corrected chi connectivity index (χ1v) is 14.6. The van der Waals surface area contributed by atoms with E-state index in [-0.39, 0.29) is 11.8 Å². The van der Waals surface area contributed by atoms with Crippen LogP contribution in [0.4, 0.5) is 11.4 Å². The molecule has 216 valence electrons. The first-order chi connectivity index (χ1) is 19.9. The van der Waals surface area contributed by atoms with Gasteiger partial charge in [0.25, 0.3) is 11.8 Å². The van der Waals surface area contributed by atoms with Gasteiger partial charge in [0, 0.05) is 27.0 Å². The fraction of sp³-hybridized carbons (Fsp3) is 0.235. The lowest BCUT2D eigenvalue weighted by Gasteiger charge is -2.32. The molecule has 2 N–H and O–H groups in total. The summed E-state index contributed by atoms with van der Waals surface area (Å²) in [5.41, 5.74) is 5.02. The number of aryl methyl sites for hydroxylation is 2. The Bertz CT molecular complexity index is 1540. The molecule has 6 nitrogen and oxygen atoms in total. The molecule has 0 aliphatic carbocycles. The summed E-state index contributed by atoms with van der Waals surface area (Å²) in [4.78, 5) is 24.4. The predicted octanol–water partition coefficient (Wildman–Crippen LogP) is 7.56. The topological polar surface area (TPSA) is 76.7 Å². The summed E-state index contributed by atoms with van der Waals surface area (Å²) in [5.74, 6) is -0.221. The molecule has 1 heterocycles. The van der Waals surface area contributed by atoms with Gasteiger partial charge in [0.05, 0.1) is 11.2 Å². The minimum Gasteiger partial charge on any atom is -0.399 e. The van der Waals surface area contributed by atoms with Crippen molar-refractivity contribution in [3.8, 4) is 0 Å². The summed E-state index contributed by atoms with van der Waals surface area (Å²) >= 11 is 3.39. The van der Waals surface area contributed by atoms with Gasteiger partial charge in [-0.05, 0) is 101 Å². The van der Waals surface area contributed by atoms with Gasteiger partial charge in [0.15, 0.2) is 0 Å². The Balaban J connectivity index is 0.000000208. The van der Waals surface area contributed by atoms with Crippen LogP contribution in [-0.2, 0) is 9.31 Å². The number of carbonyl (C=O) groups excluding carboxylic acids is 2. The zero-order valence-electron chi connectivity index (χ0n) is 24.8. The third-order valence-electron chi connectivity index (χ3n) is 7.56. The van der Waals surface area contributed by atoms with Crippen LogP contribution in [0.15, 0.2) is 102 Å². The standard InChI is InChI=1S/C20H24BNO3.C14H12BrNO/c1-14-11-12-16(21-24-19(2,3)20(4,5)25-21)13-17(14)22-18(23)15-9-7-6-8-10-15;1-10-7-8-12(15)9-13(10)16-14(17)11-5-3-2-4-6-11/h6-13H,1-5H3,(H,22,23);2-9H,1H3,(H,16,17). The molecule has 4 aromatic carbocycles. The van der Waals surface area contributed by atoms with E-state index in [1.807, 2.05) is 114 Å². The maximum absolute atomic E-state index is 12.4. The normalized spacial score (nSPS) is 14.9. The lowest BCUT2D eigenvalue weighted by molar-refractivity contribution is 0.00578. The lowest BCUT2D eigenvalue weighted by atomic mass is 9.78. The van der Waals surface area contributed by atoms with Crippen LogP contribution >= 0.6 is 15.9 Å². The molecule has 0 atom stereocenters. The van der Waals surface area contributed by atoms with Crippen LogP contribution in [0.2, 0.25) is 0 Å². The summed E-state index contributed by atoms with van der Waals surface area (Å²) in [7, 11) is -0.446. The highest BCUT2D eigenvalue weighted by atomic mass is 79.9. The van der Waals surface area contributed by atoms with Gasteiger partial charge < -0.3 is 19.9 Å². The summed E-state index contributed by atoms with van der Waals surface area (Å²) in [6.45, 7) is 12.0. The molecule has 5 rings (SSSR count). The Labute approximate surface area is 257 Å². The molecule has 0 unspecified atom stereocenters. The molecule has 0 aromatic heterocycles. The van der Waals surface area contributed by atoms with Crippen molar-refractivity contribution < 1.29 is 18.9 Å². The highest BCUT2D eigenvalue weighted by molar-refractivity contribution is 9.10. The van der Waals surface area contributed by atoms with Crippen molar-refractivity contribution in [3.63, 3.8) is 0 Å². The Morgan fingerprint density at radius 3 is 1.55 bits per heavy atom. The lowest BCUT2D eigenvalue weighted by Crippen LogP contribution is -2.41. The van der Waals surface area contributed by atoms with E-state index in [1.54, 1.807) is 24.3 Å². The van der Waals surface area contributed by atoms with Crippen LogP contribution in [0.1, 0.15) is 59.5 Å². The molecular weight excluding hydrogens is 591 g/mol. The van der Waals surface area contributed by atoms with Gasteiger partial charge in [-0.2, -0.15) is 0 Å². The fourth-order valence-corrected chi connectivity index (χ4v) is 4.56. The van der Waals surface area contributed by atoms with Crippen LogP contribution < -0.4 is 16.1 Å². The quantitative estimate of drug-likeness (QED) is 0.224. The van der Waals surface area contributed by atoms with Gasteiger partial charge in [-0.15, -0.1) is 0 Å². The molecule has 1 aliphatic rings. The molecule has 0 spiro atoms. The van der Waals surface area contributed by atoms with E-state index in [0.29, 0.717) is 11.1 Å². The van der Waals surface area contributed by atoms with Gasteiger partial charge in [0.1, 0.15) is 0 Å². The van der Waals surface area contributed by atoms with E-state index in [2.05, 4.69) is 26.6 Å². The minimum absolute atomic E-state index is 0.0909. The third kappa shape index (κ3) is 7.56. The molecule has 1 aliphatic heterocycles. The van der Waals surface area contributed by atoms with Crippen LogP contribution in [-0.4, -0.2) is 30.1 Å². The van der Waals surface area contributed by atoms with Crippen molar-refractivity contribution in [2.45, 2.75) is 52.7 Å². The van der Waals surface area contributed by atoms with E-state index < -0.39 is 18.3 Å². The van der Waals surface area contributed by atoms with Gasteiger partial charge in [-0.3, -0.25) is 9.59 Å². The fourth-order valence-electron chi connectivity index (χ4n) is 4.20. The average molecular weight is 627 g/mol. The molecule has 1 fully saturated rings. The largest absolute Gasteiger partial charge is 0.494 e. The Kier molecular flexibility index (Phi) is 9.72. The maximum Gasteiger partial charge on any atom is 0.494 e. The number of rotatable bonds is 5. The second kappa shape index (κ2) is 13.1. The maximum atomic E-state index is 12.4. The van der Waals surface area contributed by atoms with Crippen molar-refractivity contribution in [2.75, 3.05) is 10.6 Å². The summed E-state index contributed by atoms with van der Waals surface area (Å²) in [6, 6.07) is 30.1. The van der Waals surface area contributed by atoms with E-state index in [1.165, 1.54) is 0 Å². The number of hydrogen-bond donors (Lipinski definition) is 2. The molecule has 2 amide bonds. The summed E-state index contributed by atoms with van der Waals surface area (Å²) < 4.78 is 13.1. The summed E-state index contributed by atoms with van der Waals surface area (Å²) in [6.07, 6.45) is 0. The SMILES string of the molecule is Cc1ccc(B2OC(C)(C)C(C)(C)O2)cc1NC(=O)c1ccccc1.Cc1ccc(Br)cc1NC(=O)c1ccccc1. The smallest absolute Gasteiger partial charge is 0.399 e. The number of anilines is 2. The number of amides is 2. The number of benzene rings is 4. The monoisotopic (exact) mass is 626 g/mol. The van der Waals surface area contributed by atoms with Gasteiger partial charge in [0.2, 0.25) is 0 Å². The van der Waals surface area contributed by atoms with Gasteiger partial charge >= 0.3 is 7.12 Å². The molecule has 42 heavy (non-hydrogen) atoms.